The number of amides is 1. The summed E-state index contributed by atoms with van der Waals surface area (Å²) >= 11 is 0. The summed E-state index contributed by atoms with van der Waals surface area (Å²) in [4.78, 5) is 12.3. The third-order valence-electron chi connectivity index (χ3n) is 3.78. The van der Waals surface area contributed by atoms with Crippen molar-refractivity contribution < 1.29 is 14.1 Å². The Balaban J connectivity index is 1.61. The predicted octanol–water partition coefficient (Wildman–Crippen LogP) is 2.61. The first-order valence-electron chi connectivity index (χ1n) is 8.03. The quantitative estimate of drug-likeness (QED) is 0.715. The number of methoxy groups -OCH3 is 1. The Morgan fingerprint density at radius 3 is 2.96 bits per heavy atom. The number of carbonyl (C=O) groups excluding carboxylic acids is 1. The maximum Gasteiger partial charge on any atom is 0.273 e. The summed E-state index contributed by atoms with van der Waals surface area (Å²) in [5.74, 6) is 1.13. The van der Waals surface area contributed by atoms with Crippen LogP contribution in [0.15, 0.2) is 53.3 Å². The molecule has 0 saturated carbocycles. The highest BCUT2D eigenvalue weighted by atomic mass is 16.5. The fourth-order valence-corrected chi connectivity index (χ4v) is 2.51. The molecule has 1 amide bonds. The molecule has 1 atom stereocenters. The van der Waals surface area contributed by atoms with E-state index in [1.165, 1.54) is 0 Å². The number of ether oxygens (including phenoxy) is 1. The van der Waals surface area contributed by atoms with Crippen molar-refractivity contribution in [1.29, 1.82) is 0 Å². The third-order valence-corrected chi connectivity index (χ3v) is 3.78. The van der Waals surface area contributed by atoms with Crippen LogP contribution < -0.4 is 10.1 Å². The van der Waals surface area contributed by atoms with E-state index in [2.05, 4.69) is 15.6 Å². The number of para-hydroxylation sites is 1. The maximum absolute atomic E-state index is 12.3. The summed E-state index contributed by atoms with van der Waals surface area (Å²) < 4.78 is 12.4. The molecule has 2 heterocycles. The van der Waals surface area contributed by atoms with Crippen LogP contribution in [0.2, 0.25) is 0 Å². The van der Waals surface area contributed by atoms with Crippen LogP contribution in [-0.4, -0.2) is 34.5 Å². The van der Waals surface area contributed by atoms with E-state index < -0.39 is 0 Å². The van der Waals surface area contributed by atoms with Crippen molar-refractivity contribution in [1.82, 2.24) is 20.3 Å². The van der Waals surface area contributed by atoms with Crippen molar-refractivity contribution >= 4 is 5.91 Å². The summed E-state index contributed by atoms with van der Waals surface area (Å²) in [6, 6.07) is 10.9. The monoisotopic (exact) mass is 340 g/mol. The average Bonchev–Trinajstić information content (AvgIpc) is 3.31. The molecular formula is C18H20N4O3. The summed E-state index contributed by atoms with van der Waals surface area (Å²) in [6.45, 7) is 3.30. The molecule has 7 heteroatoms. The summed E-state index contributed by atoms with van der Waals surface area (Å²) in [6.07, 6.45) is 3.63. The van der Waals surface area contributed by atoms with Crippen LogP contribution >= 0.6 is 0 Å². The molecule has 3 rings (SSSR count). The van der Waals surface area contributed by atoms with Crippen LogP contribution in [0.5, 0.6) is 5.75 Å². The highest BCUT2D eigenvalue weighted by Crippen LogP contribution is 2.29. The van der Waals surface area contributed by atoms with Crippen molar-refractivity contribution in [2.45, 2.75) is 13.5 Å². The van der Waals surface area contributed by atoms with Crippen LogP contribution in [0.3, 0.4) is 0 Å². The Kier molecular flexibility index (Phi) is 5.13. The van der Waals surface area contributed by atoms with Gasteiger partial charge in [0.15, 0.2) is 11.5 Å². The lowest BCUT2D eigenvalue weighted by atomic mass is 10.1. The van der Waals surface area contributed by atoms with E-state index in [0.29, 0.717) is 18.1 Å². The Labute approximate surface area is 145 Å². The molecule has 0 spiro atoms. The van der Waals surface area contributed by atoms with Gasteiger partial charge in [0.25, 0.3) is 5.91 Å². The number of benzene rings is 1. The summed E-state index contributed by atoms with van der Waals surface area (Å²) in [7, 11) is 1.59. The molecule has 0 aliphatic carbocycles. The lowest BCUT2D eigenvalue weighted by Crippen LogP contribution is -2.30. The Hall–Kier alpha value is -3.09. The van der Waals surface area contributed by atoms with Crippen LogP contribution in [-0.2, 0) is 6.54 Å². The van der Waals surface area contributed by atoms with Crippen molar-refractivity contribution in [2.75, 3.05) is 13.7 Å². The highest BCUT2D eigenvalue weighted by Gasteiger charge is 2.16. The highest BCUT2D eigenvalue weighted by molar-refractivity contribution is 5.93. The number of rotatable bonds is 7. The van der Waals surface area contributed by atoms with Gasteiger partial charge >= 0.3 is 0 Å². The molecule has 0 aliphatic heterocycles. The molecule has 1 aromatic carbocycles. The molecule has 0 radical (unpaired) electrons. The SMILES string of the molecule is COc1ccccc1-c1cc(C(=O)NC[C@H](C)Cn2cccn2)no1. The first kappa shape index (κ1) is 16.8. The number of aromatic nitrogens is 3. The van der Waals surface area contributed by atoms with E-state index in [4.69, 9.17) is 9.26 Å². The standard InChI is InChI=1S/C18H20N4O3/c1-13(12-22-9-5-8-20-22)11-19-18(23)15-10-17(25-21-15)14-6-3-4-7-16(14)24-2/h3-10,13H,11-12H2,1-2H3,(H,19,23)/t13-/m0/s1. The molecule has 130 valence electrons. The van der Waals surface area contributed by atoms with E-state index in [0.717, 1.165) is 12.1 Å². The van der Waals surface area contributed by atoms with Crippen LogP contribution in [0.4, 0.5) is 0 Å². The van der Waals surface area contributed by atoms with E-state index in [9.17, 15) is 4.79 Å². The molecule has 0 bridgehead atoms. The molecule has 0 unspecified atom stereocenters. The van der Waals surface area contributed by atoms with Gasteiger partial charge in [-0.25, -0.2) is 0 Å². The van der Waals surface area contributed by atoms with Crippen molar-refractivity contribution in [2.24, 2.45) is 5.92 Å². The Morgan fingerprint density at radius 2 is 2.20 bits per heavy atom. The minimum Gasteiger partial charge on any atom is -0.496 e. The van der Waals surface area contributed by atoms with Gasteiger partial charge in [0.05, 0.1) is 12.7 Å². The van der Waals surface area contributed by atoms with Gasteiger partial charge in [-0.1, -0.05) is 24.2 Å². The van der Waals surface area contributed by atoms with E-state index in [1.54, 1.807) is 19.4 Å². The Morgan fingerprint density at radius 1 is 1.36 bits per heavy atom. The van der Waals surface area contributed by atoms with Crippen LogP contribution in [0, 0.1) is 5.92 Å². The number of hydrogen-bond acceptors (Lipinski definition) is 5. The summed E-state index contributed by atoms with van der Waals surface area (Å²) in [5, 5.41) is 10.9. The van der Waals surface area contributed by atoms with E-state index in [1.807, 2.05) is 48.1 Å². The minimum absolute atomic E-state index is 0.240. The fourth-order valence-electron chi connectivity index (χ4n) is 2.51. The lowest BCUT2D eigenvalue weighted by Gasteiger charge is -2.11. The second-order valence-corrected chi connectivity index (χ2v) is 5.82. The van der Waals surface area contributed by atoms with E-state index >= 15 is 0 Å². The summed E-state index contributed by atoms with van der Waals surface area (Å²) in [5.41, 5.74) is 0.996. The number of hydrogen-bond donors (Lipinski definition) is 1. The molecule has 25 heavy (non-hydrogen) atoms. The third kappa shape index (κ3) is 4.06. The maximum atomic E-state index is 12.3. The molecule has 7 nitrogen and oxygen atoms in total. The van der Waals surface area contributed by atoms with Crippen LogP contribution in [0.25, 0.3) is 11.3 Å². The lowest BCUT2D eigenvalue weighted by molar-refractivity contribution is 0.0937. The smallest absolute Gasteiger partial charge is 0.273 e. The van der Waals surface area contributed by atoms with Gasteiger partial charge in [0.2, 0.25) is 0 Å². The molecule has 0 fully saturated rings. The first-order valence-corrected chi connectivity index (χ1v) is 8.03. The number of carbonyl (C=O) groups is 1. The fraction of sp³-hybridized carbons (Fsp3) is 0.278. The zero-order valence-electron chi connectivity index (χ0n) is 14.2. The van der Waals surface area contributed by atoms with Crippen molar-refractivity contribution in [3.63, 3.8) is 0 Å². The van der Waals surface area contributed by atoms with Crippen molar-refractivity contribution in [3.05, 3.63) is 54.5 Å². The van der Waals surface area contributed by atoms with Gasteiger partial charge in [-0.15, -0.1) is 0 Å². The molecule has 0 aliphatic rings. The van der Waals surface area contributed by atoms with Gasteiger partial charge < -0.3 is 14.6 Å². The average molecular weight is 340 g/mol. The molecule has 2 aromatic heterocycles. The molecule has 0 saturated heterocycles. The predicted molar refractivity (Wildman–Crippen MR) is 92.2 cm³/mol. The second-order valence-electron chi connectivity index (χ2n) is 5.82. The topological polar surface area (TPSA) is 82.2 Å². The molecule has 1 N–H and O–H groups in total. The van der Waals surface area contributed by atoms with Crippen LogP contribution in [0.1, 0.15) is 17.4 Å². The van der Waals surface area contributed by atoms with Gasteiger partial charge in [-0.05, 0) is 24.1 Å². The van der Waals surface area contributed by atoms with Gasteiger partial charge in [-0.2, -0.15) is 5.10 Å². The van der Waals surface area contributed by atoms with Gasteiger partial charge in [0, 0.05) is 31.5 Å². The van der Waals surface area contributed by atoms with E-state index in [-0.39, 0.29) is 17.5 Å². The first-order chi connectivity index (χ1) is 12.2. The second kappa shape index (κ2) is 7.65. The molecule has 3 aromatic rings. The van der Waals surface area contributed by atoms with Gasteiger partial charge in [0.1, 0.15) is 5.75 Å². The number of nitrogens with zero attached hydrogens (tertiary/aromatic N) is 3. The zero-order valence-corrected chi connectivity index (χ0v) is 14.2. The Bertz CT molecular complexity index is 826. The van der Waals surface area contributed by atoms with Crippen molar-refractivity contribution in [3.8, 4) is 17.1 Å². The zero-order chi connectivity index (χ0) is 17.6. The number of nitrogens with one attached hydrogen (secondary N) is 1. The minimum atomic E-state index is -0.266. The largest absolute Gasteiger partial charge is 0.496 e. The molecular weight excluding hydrogens is 320 g/mol. The van der Waals surface area contributed by atoms with Gasteiger partial charge in [-0.3, -0.25) is 9.48 Å². The normalized spacial score (nSPS) is 11.9.